The van der Waals surface area contributed by atoms with Crippen molar-refractivity contribution in [2.45, 2.75) is 25.2 Å². The summed E-state index contributed by atoms with van der Waals surface area (Å²) < 4.78 is 1.57. The molecule has 2 saturated heterocycles. The number of carbonyl (C=O) groups is 1. The van der Waals surface area contributed by atoms with Gasteiger partial charge in [0.25, 0.3) is 5.91 Å². The third-order valence-corrected chi connectivity index (χ3v) is 6.64. The molecule has 7 heteroatoms. The number of hydrogen-bond donors (Lipinski definition) is 0. The van der Waals surface area contributed by atoms with Gasteiger partial charge in [-0.1, -0.05) is 30.3 Å². The monoisotopic (exact) mass is 390 g/mol. The normalized spacial score (nSPS) is 22.2. The Hall–Kier alpha value is -2.80. The molecule has 7 nitrogen and oxygen atoms in total. The Morgan fingerprint density at radius 2 is 1.93 bits per heavy atom. The molecule has 0 N–H and O–H groups in total. The van der Waals surface area contributed by atoms with Crippen molar-refractivity contribution in [3.63, 3.8) is 0 Å². The van der Waals surface area contributed by atoms with Gasteiger partial charge in [0.05, 0.1) is 0 Å². The fourth-order valence-electron chi connectivity index (χ4n) is 5.22. The summed E-state index contributed by atoms with van der Waals surface area (Å²) in [5.41, 5.74) is 2.99. The highest BCUT2D eigenvalue weighted by Gasteiger charge is 2.42. The number of piperidine rings is 2. The van der Waals surface area contributed by atoms with Gasteiger partial charge in [0.15, 0.2) is 5.65 Å². The predicted octanol–water partition coefficient (Wildman–Crippen LogP) is 2.47. The Morgan fingerprint density at radius 1 is 1.14 bits per heavy atom. The van der Waals surface area contributed by atoms with E-state index >= 15 is 0 Å². The van der Waals surface area contributed by atoms with E-state index in [2.05, 4.69) is 57.8 Å². The number of hydrogen-bond acceptors (Lipinski definition) is 5. The average molecular weight is 390 g/mol. The van der Waals surface area contributed by atoms with E-state index in [1.54, 1.807) is 22.8 Å². The average Bonchev–Trinajstić information content (AvgIpc) is 3.22. The van der Waals surface area contributed by atoms with Crippen LogP contribution in [0.4, 0.5) is 0 Å². The number of nitrogens with zero attached hydrogens (tertiary/aromatic N) is 6. The number of tetrazole rings is 1. The van der Waals surface area contributed by atoms with Crippen LogP contribution in [0.1, 0.15) is 41.1 Å². The number of pyridine rings is 1. The summed E-state index contributed by atoms with van der Waals surface area (Å²) in [4.78, 5) is 17.5. The van der Waals surface area contributed by atoms with Crippen LogP contribution < -0.4 is 0 Å². The van der Waals surface area contributed by atoms with Gasteiger partial charge in [0.2, 0.25) is 0 Å². The van der Waals surface area contributed by atoms with E-state index in [1.165, 1.54) is 12.0 Å². The first-order chi connectivity index (χ1) is 14.1. The third-order valence-electron chi connectivity index (χ3n) is 6.64. The zero-order chi connectivity index (χ0) is 19.8. The third kappa shape index (κ3) is 3.51. The molecule has 1 aromatic carbocycles. The highest BCUT2D eigenvalue weighted by molar-refractivity contribution is 5.95. The Labute approximate surface area is 170 Å². The second kappa shape index (κ2) is 7.22. The zero-order valence-electron chi connectivity index (χ0n) is 16.7. The fourth-order valence-corrected chi connectivity index (χ4v) is 5.22. The molecule has 3 aromatic rings. The number of likely N-dealkylation sites (N-methyl/N-ethyl adjacent to an activating group) is 1. The second-order valence-electron chi connectivity index (χ2n) is 8.70. The SMILES string of the molecule is CN1C[C@@H](c2ccccc2)CC2(CCN(C(=O)c3ccn4nnnc4c3)CC2)C1. The van der Waals surface area contributed by atoms with Gasteiger partial charge < -0.3 is 9.80 Å². The van der Waals surface area contributed by atoms with Gasteiger partial charge >= 0.3 is 0 Å². The minimum absolute atomic E-state index is 0.0779. The molecule has 4 heterocycles. The van der Waals surface area contributed by atoms with Gasteiger partial charge in [0, 0.05) is 37.9 Å². The summed E-state index contributed by atoms with van der Waals surface area (Å²) in [6.07, 6.45) is 5.07. The number of rotatable bonds is 2. The maximum Gasteiger partial charge on any atom is 0.254 e. The molecule has 0 radical (unpaired) electrons. The highest BCUT2D eigenvalue weighted by Crippen LogP contribution is 2.44. The first-order valence-electron chi connectivity index (χ1n) is 10.3. The smallest absolute Gasteiger partial charge is 0.254 e. The van der Waals surface area contributed by atoms with Crippen LogP contribution in [0.3, 0.4) is 0 Å². The van der Waals surface area contributed by atoms with Gasteiger partial charge in [-0.2, -0.15) is 0 Å². The van der Waals surface area contributed by atoms with Crippen LogP contribution in [0, 0.1) is 5.41 Å². The van der Waals surface area contributed by atoms with Crippen LogP contribution in [0.2, 0.25) is 0 Å². The van der Waals surface area contributed by atoms with Crippen molar-refractivity contribution < 1.29 is 4.79 Å². The number of fused-ring (bicyclic) bond motifs is 1. The zero-order valence-corrected chi connectivity index (χ0v) is 16.7. The second-order valence-corrected chi connectivity index (χ2v) is 8.70. The molecule has 29 heavy (non-hydrogen) atoms. The summed E-state index contributed by atoms with van der Waals surface area (Å²) >= 11 is 0. The maximum absolute atomic E-state index is 13.0. The molecule has 0 bridgehead atoms. The number of amides is 1. The van der Waals surface area contributed by atoms with Crippen molar-refractivity contribution in [1.29, 1.82) is 0 Å². The topological polar surface area (TPSA) is 66.6 Å². The van der Waals surface area contributed by atoms with Gasteiger partial charge in [-0.25, -0.2) is 4.52 Å². The molecule has 150 valence electrons. The first-order valence-corrected chi connectivity index (χ1v) is 10.3. The van der Waals surface area contributed by atoms with Gasteiger partial charge in [-0.15, -0.1) is 5.10 Å². The van der Waals surface area contributed by atoms with E-state index in [0.29, 0.717) is 22.5 Å². The van der Waals surface area contributed by atoms with E-state index in [4.69, 9.17) is 0 Å². The lowest BCUT2D eigenvalue weighted by Crippen LogP contribution is -2.51. The summed E-state index contributed by atoms with van der Waals surface area (Å²) in [7, 11) is 2.23. The van der Waals surface area contributed by atoms with E-state index < -0.39 is 0 Å². The van der Waals surface area contributed by atoms with E-state index in [0.717, 1.165) is 39.0 Å². The van der Waals surface area contributed by atoms with Crippen molar-refractivity contribution in [2.24, 2.45) is 5.41 Å². The number of benzene rings is 1. The molecule has 2 aromatic heterocycles. The van der Waals surface area contributed by atoms with Crippen LogP contribution in [-0.2, 0) is 0 Å². The minimum Gasteiger partial charge on any atom is -0.339 e. The molecule has 1 spiro atoms. The van der Waals surface area contributed by atoms with Crippen LogP contribution in [0.25, 0.3) is 5.65 Å². The molecule has 5 rings (SSSR count). The van der Waals surface area contributed by atoms with Crippen LogP contribution in [-0.4, -0.2) is 69.0 Å². The Morgan fingerprint density at radius 3 is 2.72 bits per heavy atom. The quantitative estimate of drug-likeness (QED) is 0.673. The van der Waals surface area contributed by atoms with E-state index in [-0.39, 0.29) is 5.91 Å². The molecular formula is C22H26N6O. The summed E-state index contributed by atoms with van der Waals surface area (Å²) in [6.45, 7) is 3.85. The van der Waals surface area contributed by atoms with Crippen LogP contribution in [0.5, 0.6) is 0 Å². The largest absolute Gasteiger partial charge is 0.339 e. The molecule has 1 atom stereocenters. The van der Waals surface area contributed by atoms with Crippen molar-refractivity contribution in [3.05, 3.63) is 59.8 Å². The van der Waals surface area contributed by atoms with Gasteiger partial charge in [-0.05, 0) is 65.8 Å². The molecule has 0 saturated carbocycles. The number of likely N-dealkylation sites (tertiary alicyclic amines) is 2. The molecular weight excluding hydrogens is 364 g/mol. The maximum atomic E-state index is 13.0. The summed E-state index contributed by atoms with van der Waals surface area (Å²) in [5, 5.41) is 11.4. The molecule has 0 aliphatic carbocycles. The molecule has 1 amide bonds. The van der Waals surface area contributed by atoms with E-state index in [1.807, 2.05) is 4.90 Å². The lowest BCUT2D eigenvalue weighted by atomic mass is 9.68. The van der Waals surface area contributed by atoms with Crippen molar-refractivity contribution in [3.8, 4) is 0 Å². The summed E-state index contributed by atoms with van der Waals surface area (Å²) in [5.74, 6) is 0.647. The Bertz CT molecular complexity index is 1010. The minimum atomic E-state index is 0.0779. The molecule has 0 unspecified atom stereocenters. The van der Waals surface area contributed by atoms with E-state index in [9.17, 15) is 4.79 Å². The predicted molar refractivity (Wildman–Crippen MR) is 110 cm³/mol. The molecule has 2 aliphatic heterocycles. The Balaban J connectivity index is 1.29. The van der Waals surface area contributed by atoms with Crippen LogP contribution >= 0.6 is 0 Å². The molecule has 2 aliphatic rings. The van der Waals surface area contributed by atoms with Crippen LogP contribution in [0.15, 0.2) is 48.7 Å². The van der Waals surface area contributed by atoms with Crippen molar-refractivity contribution >= 4 is 11.6 Å². The number of aromatic nitrogens is 4. The fraction of sp³-hybridized carbons (Fsp3) is 0.455. The Kier molecular flexibility index (Phi) is 4.54. The lowest BCUT2D eigenvalue weighted by molar-refractivity contribution is 0.0224. The van der Waals surface area contributed by atoms with Gasteiger partial charge in [0.1, 0.15) is 0 Å². The summed E-state index contributed by atoms with van der Waals surface area (Å²) in [6, 6.07) is 14.4. The van der Waals surface area contributed by atoms with Crippen molar-refractivity contribution in [1.82, 2.24) is 29.8 Å². The molecule has 2 fully saturated rings. The highest BCUT2D eigenvalue weighted by atomic mass is 16.2. The first kappa shape index (κ1) is 18.2. The van der Waals surface area contributed by atoms with Gasteiger partial charge in [-0.3, -0.25) is 4.79 Å². The number of carbonyl (C=O) groups excluding carboxylic acids is 1. The standard InChI is InChI=1S/C22H26N6O/c1-26-15-19(17-5-3-2-4-6-17)14-22(16-26)8-11-27(12-9-22)21(29)18-7-10-28-20(13-18)23-24-25-28/h2-7,10,13,19H,8-9,11-12,14-16H2,1H3/t19-/m0/s1. The lowest BCUT2D eigenvalue weighted by Gasteiger charge is -2.49. The van der Waals surface area contributed by atoms with Crippen molar-refractivity contribution in [2.75, 3.05) is 33.2 Å².